The fourth-order valence-electron chi connectivity index (χ4n) is 6.74. The molecule has 184 valence electrons. The molecule has 0 aromatic carbocycles. The Morgan fingerprint density at radius 1 is 0.844 bits per heavy atom. The van der Waals surface area contributed by atoms with Crippen molar-refractivity contribution < 1.29 is 4.79 Å². The molecule has 4 fully saturated rings. The minimum Gasteiger partial charge on any atom is -0.335 e. The minimum absolute atomic E-state index is 0.0740. The lowest BCUT2D eigenvalue weighted by molar-refractivity contribution is 0.211. The molecule has 0 radical (unpaired) electrons. The highest BCUT2D eigenvalue weighted by atomic mass is 32.2. The third kappa shape index (κ3) is 7.82. The number of carbonyl (C=O) groups excluding carboxylic acids is 1. The maximum atomic E-state index is 12.5. The number of rotatable bonds is 8. The summed E-state index contributed by atoms with van der Waals surface area (Å²) in [6, 6.07) is 0.768. The van der Waals surface area contributed by atoms with E-state index in [1.807, 2.05) is 0 Å². The maximum Gasteiger partial charge on any atom is 0.315 e. The molecule has 2 N–H and O–H groups in total. The van der Waals surface area contributed by atoms with Crippen molar-refractivity contribution in [2.45, 2.75) is 121 Å². The molecule has 1 aliphatic heterocycles. The minimum atomic E-state index is 0.0740. The van der Waals surface area contributed by atoms with E-state index in [0.717, 1.165) is 29.9 Å². The Labute approximate surface area is 201 Å². The molecule has 4 aliphatic rings. The molecule has 5 heteroatoms. The number of thioether (sulfide) groups is 1. The molecule has 4 rings (SSSR count). The second kappa shape index (κ2) is 12.9. The topological polar surface area (TPSA) is 44.4 Å². The lowest BCUT2D eigenvalue weighted by Crippen LogP contribution is -2.48. The highest BCUT2D eigenvalue weighted by Crippen LogP contribution is 2.36. The normalized spacial score (nSPS) is 33.7. The number of likely N-dealkylation sites (tertiary alicyclic amines) is 1. The van der Waals surface area contributed by atoms with Crippen LogP contribution >= 0.6 is 11.8 Å². The van der Waals surface area contributed by atoms with Crippen LogP contribution in [0.4, 0.5) is 4.79 Å². The summed E-state index contributed by atoms with van der Waals surface area (Å²) in [5.41, 5.74) is 0. The van der Waals surface area contributed by atoms with Crippen molar-refractivity contribution in [2.24, 2.45) is 17.8 Å². The van der Waals surface area contributed by atoms with Crippen molar-refractivity contribution in [3.8, 4) is 0 Å². The van der Waals surface area contributed by atoms with Gasteiger partial charge in [0.25, 0.3) is 0 Å². The van der Waals surface area contributed by atoms with Gasteiger partial charge in [-0.2, -0.15) is 11.8 Å². The van der Waals surface area contributed by atoms with E-state index in [2.05, 4.69) is 34.2 Å². The average Bonchev–Trinajstić information content (AvgIpc) is 3.33. The molecule has 1 unspecified atom stereocenters. The number of hydrogen-bond acceptors (Lipinski definition) is 3. The first-order valence-corrected chi connectivity index (χ1v) is 15.1. The highest BCUT2D eigenvalue weighted by Gasteiger charge is 2.28. The monoisotopic (exact) mass is 463 g/mol. The molecule has 0 aromatic rings. The summed E-state index contributed by atoms with van der Waals surface area (Å²) in [6.07, 6.45) is 20.2. The molecule has 0 spiro atoms. The van der Waals surface area contributed by atoms with Crippen LogP contribution in [0.3, 0.4) is 0 Å². The fourth-order valence-corrected chi connectivity index (χ4v) is 8.23. The maximum absolute atomic E-state index is 12.5. The number of amides is 2. The summed E-state index contributed by atoms with van der Waals surface area (Å²) in [6.45, 7) is 6.29. The van der Waals surface area contributed by atoms with Crippen LogP contribution in [0, 0.1) is 17.8 Å². The Morgan fingerprint density at radius 3 is 2.19 bits per heavy atom. The Kier molecular flexibility index (Phi) is 9.94. The van der Waals surface area contributed by atoms with Crippen molar-refractivity contribution in [1.82, 2.24) is 15.5 Å². The molecule has 3 aliphatic carbocycles. The van der Waals surface area contributed by atoms with Gasteiger partial charge in [0.15, 0.2) is 0 Å². The first kappa shape index (κ1) is 24.7. The Bertz CT molecular complexity index is 545. The summed E-state index contributed by atoms with van der Waals surface area (Å²) < 4.78 is 0. The molecule has 3 saturated carbocycles. The molecule has 4 nitrogen and oxygen atoms in total. The van der Waals surface area contributed by atoms with Crippen LogP contribution in [0.5, 0.6) is 0 Å². The van der Waals surface area contributed by atoms with E-state index in [9.17, 15) is 4.79 Å². The third-order valence-corrected chi connectivity index (χ3v) is 10.6. The lowest BCUT2D eigenvalue weighted by atomic mass is 9.82. The molecule has 32 heavy (non-hydrogen) atoms. The van der Waals surface area contributed by atoms with Gasteiger partial charge in [-0.1, -0.05) is 19.3 Å². The number of carbonyl (C=O) groups is 1. The van der Waals surface area contributed by atoms with Crippen molar-refractivity contribution in [3.63, 3.8) is 0 Å². The lowest BCUT2D eigenvalue weighted by Gasteiger charge is -2.33. The van der Waals surface area contributed by atoms with Gasteiger partial charge in [0.2, 0.25) is 0 Å². The van der Waals surface area contributed by atoms with E-state index in [1.54, 1.807) is 0 Å². The number of nitrogens with one attached hydrogen (secondary N) is 2. The van der Waals surface area contributed by atoms with Crippen molar-refractivity contribution in [3.05, 3.63) is 0 Å². The highest BCUT2D eigenvalue weighted by molar-refractivity contribution is 7.99. The zero-order valence-corrected chi connectivity index (χ0v) is 21.5. The SMILES string of the molecule is CC(NC(=O)NC1CCC(SCC2CCC(CN3CCCC3)CC2)CC1)C1CCCCC1. The molecule has 2 amide bonds. The van der Waals surface area contributed by atoms with Crippen molar-refractivity contribution >= 4 is 17.8 Å². The van der Waals surface area contributed by atoms with Gasteiger partial charge in [0.05, 0.1) is 0 Å². The van der Waals surface area contributed by atoms with Gasteiger partial charge in [-0.3, -0.25) is 0 Å². The average molecular weight is 464 g/mol. The summed E-state index contributed by atoms with van der Waals surface area (Å²) >= 11 is 2.25. The second-order valence-corrected chi connectivity index (χ2v) is 12.8. The number of nitrogens with zero attached hydrogens (tertiary/aromatic N) is 1. The van der Waals surface area contributed by atoms with Crippen LogP contribution in [0.15, 0.2) is 0 Å². The summed E-state index contributed by atoms with van der Waals surface area (Å²) in [5, 5.41) is 7.35. The van der Waals surface area contributed by atoms with Crippen LogP contribution in [-0.4, -0.2) is 53.7 Å². The standard InChI is InChI=1S/C27H49N3OS/c1-21(24-7-3-2-4-8-24)28-27(31)29-25-13-15-26(16-14-25)32-20-23-11-9-22(10-12-23)19-30-17-5-6-18-30/h21-26H,2-20H2,1H3,(H2,28,29,31). The van der Waals surface area contributed by atoms with Gasteiger partial charge in [-0.15, -0.1) is 0 Å². The Morgan fingerprint density at radius 2 is 1.50 bits per heavy atom. The predicted molar refractivity (Wildman–Crippen MR) is 137 cm³/mol. The van der Waals surface area contributed by atoms with Gasteiger partial charge >= 0.3 is 6.03 Å². The third-order valence-electron chi connectivity index (χ3n) is 8.97. The van der Waals surface area contributed by atoms with E-state index in [0.29, 0.717) is 18.0 Å². The van der Waals surface area contributed by atoms with Crippen LogP contribution in [0.1, 0.15) is 103 Å². The van der Waals surface area contributed by atoms with Crippen molar-refractivity contribution in [1.29, 1.82) is 0 Å². The van der Waals surface area contributed by atoms with E-state index in [1.165, 1.54) is 109 Å². The fraction of sp³-hybridized carbons (Fsp3) is 0.963. The quantitative estimate of drug-likeness (QED) is 0.450. The number of hydrogen-bond donors (Lipinski definition) is 2. The summed E-state index contributed by atoms with van der Waals surface area (Å²) in [7, 11) is 0. The van der Waals surface area contributed by atoms with Gasteiger partial charge in [0, 0.05) is 23.9 Å². The zero-order valence-electron chi connectivity index (χ0n) is 20.7. The van der Waals surface area contributed by atoms with E-state index in [-0.39, 0.29) is 6.03 Å². The van der Waals surface area contributed by atoms with E-state index >= 15 is 0 Å². The smallest absolute Gasteiger partial charge is 0.315 e. The first-order valence-electron chi connectivity index (χ1n) is 14.1. The number of urea groups is 1. The first-order chi connectivity index (χ1) is 15.7. The van der Waals surface area contributed by atoms with Crippen molar-refractivity contribution in [2.75, 3.05) is 25.4 Å². The molecule has 1 atom stereocenters. The molecular formula is C27H49N3OS. The largest absolute Gasteiger partial charge is 0.335 e. The second-order valence-electron chi connectivity index (χ2n) is 11.5. The van der Waals surface area contributed by atoms with Gasteiger partial charge in [-0.25, -0.2) is 4.79 Å². The Hall–Kier alpha value is -0.420. The van der Waals surface area contributed by atoms with Crippen LogP contribution < -0.4 is 10.6 Å². The summed E-state index contributed by atoms with van der Waals surface area (Å²) in [5.74, 6) is 3.98. The molecule has 0 bridgehead atoms. The molecule has 1 heterocycles. The van der Waals surface area contributed by atoms with Gasteiger partial charge < -0.3 is 15.5 Å². The van der Waals surface area contributed by atoms with Crippen LogP contribution in [-0.2, 0) is 0 Å². The van der Waals surface area contributed by atoms with E-state index in [4.69, 9.17) is 0 Å². The van der Waals surface area contributed by atoms with E-state index < -0.39 is 0 Å². The molecular weight excluding hydrogens is 414 g/mol. The van der Waals surface area contributed by atoms with Gasteiger partial charge in [0.1, 0.15) is 0 Å². The molecule has 1 saturated heterocycles. The summed E-state index contributed by atoms with van der Waals surface area (Å²) in [4.78, 5) is 15.2. The zero-order chi connectivity index (χ0) is 22.2. The van der Waals surface area contributed by atoms with Gasteiger partial charge in [-0.05, 0) is 121 Å². The molecule has 0 aromatic heterocycles. The van der Waals surface area contributed by atoms with Crippen LogP contribution in [0.2, 0.25) is 0 Å². The van der Waals surface area contributed by atoms with Crippen LogP contribution in [0.25, 0.3) is 0 Å². The predicted octanol–water partition coefficient (Wildman–Crippen LogP) is 6.20. The Balaban J connectivity index is 1.05.